The van der Waals surface area contributed by atoms with E-state index in [0.29, 0.717) is 36.1 Å². The van der Waals surface area contributed by atoms with Crippen LogP contribution in [-0.4, -0.2) is 78.2 Å². The number of hydrogen-bond donors (Lipinski definition) is 1. The smallest absolute Gasteiger partial charge is 0.410 e. The van der Waals surface area contributed by atoms with Crippen LogP contribution in [0, 0.1) is 0 Å². The minimum atomic E-state index is -1.10. The maximum absolute atomic E-state index is 12.4. The quantitative estimate of drug-likeness (QED) is 0.135. The molecule has 2 unspecified atom stereocenters. The Hall–Kier alpha value is -3.18. The van der Waals surface area contributed by atoms with E-state index >= 15 is 0 Å². The van der Waals surface area contributed by atoms with Gasteiger partial charge in [-0.2, -0.15) is 4.55 Å². The zero-order valence-electron chi connectivity index (χ0n) is 26.2. The summed E-state index contributed by atoms with van der Waals surface area (Å²) in [4.78, 5) is 17.2. The fourth-order valence-electron chi connectivity index (χ4n) is 4.73. The molecule has 0 aromatic heterocycles. The predicted molar refractivity (Wildman–Crippen MR) is 181 cm³/mol. The molecule has 10 heteroatoms. The van der Waals surface area contributed by atoms with E-state index in [0.717, 1.165) is 40.2 Å². The molecule has 236 valence electrons. The van der Waals surface area contributed by atoms with E-state index in [2.05, 4.69) is 27.8 Å². The van der Waals surface area contributed by atoms with Gasteiger partial charge in [-0.05, 0) is 100 Å². The van der Waals surface area contributed by atoms with Crippen molar-refractivity contribution in [3.05, 3.63) is 88.4 Å². The van der Waals surface area contributed by atoms with Gasteiger partial charge in [0.2, 0.25) is 4.91 Å². The number of ether oxygens (including phenoxy) is 4. The number of carbonyl (C=O) groups excluding carboxylic acids is 1. The Morgan fingerprint density at radius 1 is 0.886 bits per heavy atom. The van der Waals surface area contributed by atoms with Crippen molar-refractivity contribution in [1.82, 2.24) is 9.80 Å². The number of rotatable bonds is 10. The molecule has 1 heterocycles. The molecule has 0 aliphatic carbocycles. The first-order valence-electron chi connectivity index (χ1n) is 14.6. The number of amides is 1. The second-order valence-electron chi connectivity index (χ2n) is 11.6. The monoisotopic (exact) mass is 685 g/mol. The standard InChI is InChI=1S/C34H42BrN2O6S/c1-24(36-19-21-37(22-20-36)33(38)43-34(2,3)4)23-41-29-15-17-30(18-16-29)42-31(25-9-13-28(40-5)14-10-25)32(44(6)39)26-7-11-27(35)12-8-26/h7-18,24,39H,19-23H2,1-6H3/q+1/b32-31+. The zero-order chi connectivity index (χ0) is 31.9. The van der Waals surface area contributed by atoms with Crippen molar-refractivity contribution in [1.29, 1.82) is 0 Å². The van der Waals surface area contributed by atoms with Gasteiger partial charge in [-0.3, -0.25) is 4.90 Å². The predicted octanol–water partition coefficient (Wildman–Crippen LogP) is 7.40. The molecule has 0 spiro atoms. The van der Waals surface area contributed by atoms with Gasteiger partial charge in [0.15, 0.2) is 16.9 Å². The molecule has 1 amide bonds. The van der Waals surface area contributed by atoms with E-state index in [4.69, 9.17) is 18.9 Å². The van der Waals surface area contributed by atoms with Crippen LogP contribution in [0.5, 0.6) is 17.2 Å². The first kappa shape index (κ1) is 33.7. The lowest BCUT2D eigenvalue weighted by molar-refractivity contribution is 0.00882. The molecule has 1 saturated heterocycles. The third-order valence-electron chi connectivity index (χ3n) is 7.08. The third kappa shape index (κ3) is 9.41. The summed E-state index contributed by atoms with van der Waals surface area (Å²) in [6.45, 7) is 11.1. The Bertz CT molecular complexity index is 1400. The number of methoxy groups -OCH3 is 1. The van der Waals surface area contributed by atoms with Crippen LogP contribution in [0.1, 0.15) is 38.8 Å². The number of nitrogens with zero attached hydrogens (tertiary/aromatic N) is 2. The fraction of sp³-hybridized carbons (Fsp3) is 0.382. The molecule has 3 aromatic carbocycles. The Kier molecular flexibility index (Phi) is 11.6. The van der Waals surface area contributed by atoms with E-state index in [9.17, 15) is 9.35 Å². The molecule has 4 rings (SSSR count). The van der Waals surface area contributed by atoms with Crippen LogP contribution < -0.4 is 14.2 Å². The number of piperazine rings is 1. The van der Waals surface area contributed by atoms with Crippen molar-refractivity contribution in [2.75, 3.05) is 46.2 Å². The lowest BCUT2D eigenvalue weighted by atomic mass is 10.1. The summed E-state index contributed by atoms with van der Waals surface area (Å²) in [7, 11) is 1.63. The molecule has 1 fully saturated rings. The van der Waals surface area contributed by atoms with E-state index in [1.807, 2.05) is 93.6 Å². The van der Waals surface area contributed by atoms with Crippen molar-refractivity contribution < 1.29 is 28.3 Å². The van der Waals surface area contributed by atoms with E-state index in [1.54, 1.807) is 18.3 Å². The van der Waals surface area contributed by atoms with E-state index in [1.165, 1.54) is 0 Å². The molecule has 8 nitrogen and oxygen atoms in total. The first-order valence-corrected chi connectivity index (χ1v) is 16.9. The summed E-state index contributed by atoms with van der Waals surface area (Å²) in [5.41, 5.74) is 1.19. The lowest BCUT2D eigenvalue weighted by Gasteiger charge is -2.38. The van der Waals surface area contributed by atoms with Crippen molar-refractivity contribution in [2.45, 2.75) is 39.3 Å². The summed E-state index contributed by atoms with van der Waals surface area (Å²) in [5, 5.41) is 0. The summed E-state index contributed by atoms with van der Waals surface area (Å²) >= 11 is 2.40. The molecule has 0 radical (unpaired) electrons. The van der Waals surface area contributed by atoms with Crippen LogP contribution in [0.3, 0.4) is 0 Å². The summed E-state index contributed by atoms with van der Waals surface area (Å²) in [6, 6.07) is 23.1. The Morgan fingerprint density at radius 2 is 1.43 bits per heavy atom. The molecule has 0 saturated carbocycles. The SMILES string of the molecule is COc1ccc(/C(Oc2ccc(OCC(C)N3CCN(C(=O)OC(C)(C)C)CC3)cc2)=C(/c2ccc(Br)cc2)[S+](C)O)cc1. The zero-order valence-corrected chi connectivity index (χ0v) is 28.6. The number of carbonyl (C=O) groups is 1. The van der Waals surface area contributed by atoms with Gasteiger partial charge in [0.05, 0.1) is 7.11 Å². The first-order chi connectivity index (χ1) is 20.9. The molecular formula is C34H42BrN2O6S+. The second kappa shape index (κ2) is 15.2. The van der Waals surface area contributed by atoms with Crippen LogP contribution >= 0.6 is 15.9 Å². The van der Waals surface area contributed by atoms with Gasteiger partial charge < -0.3 is 23.8 Å². The van der Waals surface area contributed by atoms with Gasteiger partial charge in [-0.15, -0.1) is 0 Å². The number of hydrogen-bond acceptors (Lipinski definition) is 7. The van der Waals surface area contributed by atoms with Crippen LogP contribution in [0.25, 0.3) is 10.7 Å². The highest BCUT2D eigenvalue weighted by Gasteiger charge is 2.29. The van der Waals surface area contributed by atoms with Crippen LogP contribution in [0.15, 0.2) is 77.3 Å². The van der Waals surface area contributed by atoms with E-state index in [-0.39, 0.29) is 12.1 Å². The van der Waals surface area contributed by atoms with Crippen molar-refractivity contribution in [3.63, 3.8) is 0 Å². The molecule has 3 aromatic rings. The molecule has 1 aliphatic heterocycles. The Balaban J connectivity index is 1.43. The average Bonchev–Trinajstić information content (AvgIpc) is 3.00. The van der Waals surface area contributed by atoms with Gasteiger partial charge in [0, 0.05) is 47.8 Å². The molecule has 0 bridgehead atoms. The molecular weight excluding hydrogens is 644 g/mol. The highest BCUT2D eigenvalue weighted by molar-refractivity contribution is 9.10. The highest BCUT2D eigenvalue weighted by Crippen LogP contribution is 2.34. The topological polar surface area (TPSA) is 80.7 Å². The van der Waals surface area contributed by atoms with E-state index < -0.39 is 16.8 Å². The molecule has 44 heavy (non-hydrogen) atoms. The number of benzene rings is 3. The Labute approximate surface area is 272 Å². The largest absolute Gasteiger partial charge is 0.497 e. The van der Waals surface area contributed by atoms with Crippen LogP contribution in [0.4, 0.5) is 4.79 Å². The average molecular weight is 687 g/mol. The van der Waals surface area contributed by atoms with Gasteiger partial charge >= 0.3 is 6.09 Å². The minimum absolute atomic E-state index is 0.178. The fourth-order valence-corrected chi connectivity index (χ4v) is 5.90. The van der Waals surface area contributed by atoms with Gasteiger partial charge in [0.1, 0.15) is 35.7 Å². The summed E-state index contributed by atoms with van der Waals surface area (Å²) in [6.07, 6.45) is 1.51. The van der Waals surface area contributed by atoms with Crippen molar-refractivity contribution in [2.24, 2.45) is 0 Å². The van der Waals surface area contributed by atoms with Gasteiger partial charge in [0.25, 0.3) is 0 Å². The third-order valence-corrected chi connectivity index (χ3v) is 8.62. The van der Waals surface area contributed by atoms with Gasteiger partial charge in [-0.1, -0.05) is 15.9 Å². The lowest BCUT2D eigenvalue weighted by Crippen LogP contribution is -2.53. The summed E-state index contributed by atoms with van der Waals surface area (Å²) < 4.78 is 35.3. The van der Waals surface area contributed by atoms with Gasteiger partial charge in [-0.25, -0.2) is 4.79 Å². The maximum Gasteiger partial charge on any atom is 0.410 e. The van der Waals surface area contributed by atoms with Crippen molar-refractivity contribution in [3.8, 4) is 17.2 Å². The number of halogens is 1. The minimum Gasteiger partial charge on any atom is -0.497 e. The van der Waals surface area contributed by atoms with Crippen molar-refractivity contribution >= 4 is 43.9 Å². The second-order valence-corrected chi connectivity index (χ2v) is 13.9. The normalized spacial score (nSPS) is 16.0. The summed E-state index contributed by atoms with van der Waals surface area (Å²) in [5.74, 6) is 2.65. The van der Waals surface area contributed by atoms with Crippen LogP contribution in [0.2, 0.25) is 0 Å². The van der Waals surface area contributed by atoms with Crippen LogP contribution in [-0.2, 0) is 15.9 Å². The molecule has 2 atom stereocenters. The molecule has 1 aliphatic rings. The molecule has 1 N–H and O–H groups in total. The Morgan fingerprint density at radius 3 is 1.98 bits per heavy atom. The maximum atomic E-state index is 12.4. The highest BCUT2D eigenvalue weighted by atomic mass is 79.9.